The number of hydrogen-bond donors (Lipinski definition) is 2. The summed E-state index contributed by atoms with van der Waals surface area (Å²) >= 11 is 0. The minimum Gasteiger partial charge on any atom is -0.397 e. The van der Waals surface area contributed by atoms with E-state index in [4.69, 9.17) is 5.73 Å². The summed E-state index contributed by atoms with van der Waals surface area (Å²) in [5.74, 6) is -0.103. The zero-order valence-electron chi connectivity index (χ0n) is 12.7. The molecule has 0 atom stereocenters. The van der Waals surface area contributed by atoms with E-state index in [9.17, 15) is 4.79 Å². The highest BCUT2D eigenvalue weighted by Crippen LogP contribution is 2.31. The van der Waals surface area contributed by atoms with Gasteiger partial charge in [0.2, 0.25) is 0 Å². The molecule has 0 aliphatic carbocycles. The van der Waals surface area contributed by atoms with Crippen molar-refractivity contribution >= 4 is 23.0 Å². The van der Waals surface area contributed by atoms with Crippen LogP contribution in [0.25, 0.3) is 0 Å². The van der Waals surface area contributed by atoms with Crippen LogP contribution in [-0.2, 0) is 0 Å². The van der Waals surface area contributed by atoms with Gasteiger partial charge in [-0.1, -0.05) is 18.2 Å². The number of nitrogens with two attached hydrogens (primary N) is 1. The Kier molecular flexibility index (Phi) is 4.48. The van der Waals surface area contributed by atoms with Crippen LogP contribution in [0, 0.1) is 6.92 Å². The molecule has 4 nitrogen and oxygen atoms in total. The third kappa shape index (κ3) is 3.16. The van der Waals surface area contributed by atoms with E-state index < -0.39 is 0 Å². The summed E-state index contributed by atoms with van der Waals surface area (Å²) < 4.78 is 0. The van der Waals surface area contributed by atoms with Crippen LogP contribution < -0.4 is 16.0 Å². The van der Waals surface area contributed by atoms with Crippen LogP contribution in [0.15, 0.2) is 42.5 Å². The van der Waals surface area contributed by atoms with Crippen LogP contribution in [0.5, 0.6) is 0 Å². The van der Waals surface area contributed by atoms with Crippen LogP contribution in [0.4, 0.5) is 17.1 Å². The molecule has 2 aromatic rings. The van der Waals surface area contributed by atoms with Gasteiger partial charge in [-0.25, -0.2) is 0 Å². The average Bonchev–Trinajstić information content (AvgIpc) is 2.47. The molecule has 0 aliphatic heterocycles. The third-order valence-corrected chi connectivity index (χ3v) is 3.47. The number of carbonyl (C=O) groups is 1. The lowest BCUT2D eigenvalue weighted by Crippen LogP contribution is -2.23. The van der Waals surface area contributed by atoms with Gasteiger partial charge >= 0.3 is 0 Å². The SMILES string of the molecule is CCNC(=O)c1ccc(N(C)c2ccccc2C)c(N)c1. The van der Waals surface area contributed by atoms with Gasteiger partial charge in [-0.2, -0.15) is 0 Å². The summed E-state index contributed by atoms with van der Waals surface area (Å²) in [7, 11) is 1.97. The molecular formula is C17H21N3O. The van der Waals surface area contributed by atoms with Crippen molar-refractivity contribution in [2.75, 3.05) is 24.2 Å². The molecule has 0 bridgehead atoms. The molecular weight excluding hydrogens is 262 g/mol. The fraction of sp³-hybridized carbons (Fsp3) is 0.235. The summed E-state index contributed by atoms with van der Waals surface area (Å²) in [4.78, 5) is 13.9. The monoisotopic (exact) mass is 283 g/mol. The number of amides is 1. The van der Waals surface area contributed by atoms with Crippen LogP contribution in [0.2, 0.25) is 0 Å². The molecule has 0 radical (unpaired) electrons. The largest absolute Gasteiger partial charge is 0.397 e. The Morgan fingerprint density at radius 1 is 1.19 bits per heavy atom. The molecule has 4 heteroatoms. The number of anilines is 3. The highest BCUT2D eigenvalue weighted by atomic mass is 16.1. The third-order valence-electron chi connectivity index (χ3n) is 3.47. The van der Waals surface area contributed by atoms with E-state index in [0.29, 0.717) is 17.8 Å². The van der Waals surface area contributed by atoms with Crippen molar-refractivity contribution in [3.05, 3.63) is 53.6 Å². The van der Waals surface area contributed by atoms with Gasteiger partial charge in [-0.15, -0.1) is 0 Å². The standard InChI is InChI=1S/C17H21N3O/c1-4-19-17(21)13-9-10-16(14(18)11-13)20(3)15-8-6-5-7-12(15)2/h5-11H,4,18H2,1-3H3,(H,19,21). The molecule has 0 heterocycles. The first-order chi connectivity index (χ1) is 10.0. The Balaban J connectivity index is 2.33. The number of benzene rings is 2. The summed E-state index contributed by atoms with van der Waals surface area (Å²) in [5, 5.41) is 2.77. The fourth-order valence-corrected chi connectivity index (χ4v) is 2.33. The number of nitrogen functional groups attached to an aromatic ring is 1. The maximum Gasteiger partial charge on any atom is 0.251 e. The lowest BCUT2D eigenvalue weighted by molar-refractivity contribution is 0.0956. The Morgan fingerprint density at radius 3 is 2.52 bits per heavy atom. The average molecular weight is 283 g/mol. The first-order valence-corrected chi connectivity index (χ1v) is 7.01. The smallest absolute Gasteiger partial charge is 0.251 e. The highest BCUT2D eigenvalue weighted by molar-refractivity contribution is 5.96. The topological polar surface area (TPSA) is 58.4 Å². The second kappa shape index (κ2) is 6.31. The minimum atomic E-state index is -0.103. The van der Waals surface area contributed by atoms with Crippen molar-refractivity contribution in [1.82, 2.24) is 5.32 Å². The van der Waals surface area contributed by atoms with Gasteiger partial charge < -0.3 is 16.0 Å². The van der Waals surface area contributed by atoms with Crippen molar-refractivity contribution in [2.45, 2.75) is 13.8 Å². The molecule has 0 unspecified atom stereocenters. The van der Waals surface area contributed by atoms with Crippen LogP contribution in [-0.4, -0.2) is 19.5 Å². The first-order valence-electron chi connectivity index (χ1n) is 7.01. The van der Waals surface area contributed by atoms with Crippen molar-refractivity contribution < 1.29 is 4.79 Å². The van der Waals surface area contributed by atoms with E-state index >= 15 is 0 Å². The lowest BCUT2D eigenvalue weighted by Gasteiger charge is -2.23. The van der Waals surface area contributed by atoms with Crippen molar-refractivity contribution in [2.24, 2.45) is 0 Å². The zero-order chi connectivity index (χ0) is 15.4. The number of para-hydroxylation sites is 1. The van der Waals surface area contributed by atoms with E-state index in [1.54, 1.807) is 12.1 Å². The molecule has 21 heavy (non-hydrogen) atoms. The van der Waals surface area contributed by atoms with E-state index in [0.717, 1.165) is 11.4 Å². The molecule has 0 aliphatic rings. The molecule has 1 amide bonds. The molecule has 2 rings (SSSR count). The Hall–Kier alpha value is -2.49. The van der Waals surface area contributed by atoms with Gasteiger partial charge in [0.05, 0.1) is 11.4 Å². The van der Waals surface area contributed by atoms with E-state index in [-0.39, 0.29) is 5.91 Å². The summed E-state index contributed by atoms with van der Waals surface area (Å²) in [6.07, 6.45) is 0. The predicted octanol–water partition coefficient (Wildman–Crippen LogP) is 3.09. The van der Waals surface area contributed by atoms with Crippen LogP contribution >= 0.6 is 0 Å². The molecule has 0 fully saturated rings. The Morgan fingerprint density at radius 2 is 1.90 bits per heavy atom. The van der Waals surface area contributed by atoms with Gasteiger partial charge in [-0.3, -0.25) is 4.79 Å². The molecule has 0 aromatic heterocycles. The quantitative estimate of drug-likeness (QED) is 0.848. The van der Waals surface area contributed by atoms with Crippen molar-refractivity contribution in [1.29, 1.82) is 0 Å². The van der Waals surface area contributed by atoms with Gasteiger partial charge in [0.25, 0.3) is 5.91 Å². The number of nitrogens with one attached hydrogen (secondary N) is 1. The number of nitrogens with zero attached hydrogens (tertiary/aromatic N) is 1. The Labute approximate surface area is 125 Å². The van der Waals surface area contributed by atoms with E-state index in [2.05, 4.69) is 18.3 Å². The molecule has 0 saturated carbocycles. The summed E-state index contributed by atoms with van der Waals surface area (Å²) in [5.41, 5.74) is 10.4. The van der Waals surface area contributed by atoms with Crippen LogP contribution in [0.1, 0.15) is 22.8 Å². The molecule has 0 saturated heterocycles. The molecule has 2 aromatic carbocycles. The number of carbonyl (C=O) groups excluding carboxylic acids is 1. The first kappa shape index (κ1) is 14.9. The second-order valence-corrected chi connectivity index (χ2v) is 4.98. The number of aryl methyl sites for hydroxylation is 1. The Bertz CT molecular complexity index is 652. The minimum absolute atomic E-state index is 0.103. The lowest BCUT2D eigenvalue weighted by atomic mass is 10.1. The van der Waals surface area contributed by atoms with Gasteiger partial charge in [0.15, 0.2) is 0 Å². The second-order valence-electron chi connectivity index (χ2n) is 4.98. The van der Waals surface area contributed by atoms with Crippen molar-refractivity contribution in [3.8, 4) is 0 Å². The molecule has 3 N–H and O–H groups in total. The maximum atomic E-state index is 11.8. The maximum absolute atomic E-state index is 11.8. The molecule has 110 valence electrons. The number of rotatable bonds is 4. The van der Waals surface area contributed by atoms with Crippen LogP contribution in [0.3, 0.4) is 0 Å². The predicted molar refractivity (Wildman–Crippen MR) is 88.1 cm³/mol. The van der Waals surface area contributed by atoms with E-state index in [1.165, 1.54) is 5.56 Å². The summed E-state index contributed by atoms with van der Waals surface area (Å²) in [6, 6.07) is 13.5. The normalized spacial score (nSPS) is 10.2. The van der Waals surface area contributed by atoms with Crippen molar-refractivity contribution in [3.63, 3.8) is 0 Å². The molecule has 0 spiro atoms. The van der Waals surface area contributed by atoms with Gasteiger partial charge in [0.1, 0.15) is 0 Å². The van der Waals surface area contributed by atoms with E-state index in [1.807, 2.05) is 43.1 Å². The fourth-order valence-electron chi connectivity index (χ4n) is 2.33. The van der Waals surface area contributed by atoms with Gasteiger partial charge in [-0.05, 0) is 43.7 Å². The number of hydrogen-bond acceptors (Lipinski definition) is 3. The highest BCUT2D eigenvalue weighted by Gasteiger charge is 2.12. The zero-order valence-corrected chi connectivity index (χ0v) is 12.7. The van der Waals surface area contributed by atoms with Gasteiger partial charge in [0, 0.05) is 24.8 Å². The summed E-state index contributed by atoms with van der Waals surface area (Å²) in [6.45, 7) is 4.55.